The van der Waals surface area contributed by atoms with Crippen LogP contribution in [0.25, 0.3) is 0 Å². The van der Waals surface area contributed by atoms with Crippen molar-refractivity contribution in [1.82, 2.24) is 0 Å². The Balaban J connectivity index is 2.17. The van der Waals surface area contributed by atoms with E-state index >= 15 is 0 Å². The number of rotatable bonds is 6. The van der Waals surface area contributed by atoms with Crippen LogP contribution >= 0.6 is 0 Å². The van der Waals surface area contributed by atoms with Gasteiger partial charge < -0.3 is 9.84 Å². The second-order valence-electron chi connectivity index (χ2n) is 4.53. The molecule has 2 nitrogen and oxygen atoms in total. The Hall–Kier alpha value is -2.48. The van der Waals surface area contributed by atoms with Gasteiger partial charge in [0.25, 0.3) is 0 Å². The van der Waals surface area contributed by atoms with Gasteiger partial charge >= 0.3 is 0 Å². The number of hydrogen-bond donors (Lipinski definition) is 1. The molecular formula is C18H18O2. The molecule has 1 N–H and O–H groups in total. The Morgan fingerprint density at radius 2 is 1.50 bits per heavy atom. The number of hydrogen-bond acceptors (Lipinski definition) is 2. The van der Waals surface area contributed by atoms with Crippen molar-refractivity contribution in [1.29, 1.82) is 0 Å². The van der Waals surface area contributed by atoms with Crippen molar-refractivity contribution >= 4 is 0 Å². The lowest BCUT2D eigenvalue weighted by Crippen LogP contribution is -1.88. The first kappa shape index (κ1) is 13.9. The van der Waals surface area contributed by atoms with Gasteiger partial charge in [-0.15, -0.1) is 13.2 Å². The monoisotopic (exact) mass is 266 g/mol. The van der Waals surface area contributed by atoms with Gasteiger partial charge in [-0.05, 0) is 48.2 Å². The summed E-state index contributed by atoms with van der Waals surface area (Å²) in [6, 6.07) is 13.1. The van der Waals surface area contributed by atoms with E-state index in [0.29, 0.717) is 11.5 Å². The SMILES string of the molecule is C=CCc1ccc(Oc2cc(CC=C)ccc2O)cc1. The highest BCUT2D eigenvalue weighted by Gasteiger charge is 2.05. The van der Waals surface area contributed by atoms with Gasteiger partial charge in [-0.1, -0.05) is 30.4 Å². The van der Waals surface area contributed by atoms with Gasteiger partial charge in [0.1, 0.15) is 5.75 Å². The molecule has 0 saturated heterocycles. The summed E-state index contributed by atoms with van der Waals surface area (Å²) in [5, 5.41) is 9.84. The number of aromatic hydroxyl groups is 1. The lowest BCUT2D eigenvalue weighted by atomic mass is 10.1. The van der Waals surface area contributed by atoms with Crippen molar-refractivity contribution in [3.8, 4) is 17.2 Å². The summed E-state index contributed by atoms with van der Waals surface area (Å²) >= 11 is 0. The minimum absolute atomic E-state index is 0.132. The van der Waals surface area contributed by atoms with E-state index in [2.05, 4.69) is 13.2 Å². The molecule has 0 bridgehead atoms. The lowest BCUT2D eigenvalue weighted by Gasteiger charge is -2.09. The van der Waals surface area contributed by atoms with Gasteiger partial charge in [-0.3, -0.25) is 0 Å². The van der Waals surface area contributed by atoms with Gasteiger partial charge in [0, 0.05) is 0 Å². The van der Waals surface area contributed by atoms with Crippen LogP contribution in [0.5, 0.6) is 17.2 Å². The lowest BCUT2D eigenvalue weighted by molar-refractivity contribution is 0.411. The fourth-order valence-electron chi connectivity index (χ4n) is 1.92. The average molecular weight is 266 g/mol. The van der Waals surface area contributed by atoms with Crippen LogP contribution < -0.4 is 4.74 Å². The molecule has 0 fully saturated rings. The van der Waals surface area contributed by atoms with E-state index in [9.17, 15) is 5.11 Å². The molecule has 0 spiro atoms. The minimum Gasteiger partial charge on any atom is -0.504 e. The number of phenolic OH excluding ortho intramolecular Hbond substituents is 1. The zero-order chi connectivity index (χ0) is 14.4. The van der Waals surface area contributed by atoms with Crippen LogP contribution in [0, 0.1) is 0 Å². The fourth-order valence-corrected chi connectivity index (χ4v) is 1.92. The molecule has 0 aromatic heterocycles. The zero-order valence-corrected chi connectivity index (χ0v) is 11.4. The molecule has 0 aliphatic heterocycles. The summed E-state index contributed by atoms with van der Waals surface area (Å²) in [7, 11) is 0. The maximum absolute atomic E-state index is 9.84. The molecule has 0 radical (unpaired) electrons. The van der Waals surface area contributed by atoms with Crippen LogP contribution in [-0.4, -0.2) is 5.11 Å². The third-order valence-electron chi connectivity index (χ3n) is 2.94. The van der Waals surface area contributed by atoms with E-state index in [1.807, 2.05) is 48.6 Å². The third kappa shape index (κ3) is 3.51. The first-order valence-electron chi connectivity index (χ1n) is 6.53. The van der Waals surface area contributed by atoms with Crippen molar-refractivity contribution in [3.63, 3.8) is 0 Å². The molecule has 2 aromatic rings. The third-order valence-corrected chi connectivity index (χ3v) is 2.94. The fraction of sp³-hybridized carbons (Fsp3) is 0.111. The van der Waals surface area contributed by atoms with E-state index in [0.717, 1.165) is 18.4 Å². The summed E-state index contributed by atoms with van der Waals surface area (Å²) in [4.78, 5) is 0. The molecule has 2 heteroatoms. The van der Waals surface area contributed by atoms with E-state index in [4.69, 9.17) is 4.74 Å². The highest BCUT2D eigenvalue weighted by atomic mass is 16.5. The molecule has 0 amide bonds. The first-order valence-corrected chi connectivity index (χ1v) is 6.53. The normalized spacial score (nSPS) is 10.0. The second-order valence-corrected chi connectivity index (χ2v) is 4.53. The van der Waals surface area contributed by atoms with Crippen LogP contribution in [0.3, 0.4) is 0 Å². The molecule has 0 saturated carbocycles. The quantitative estimate of drug-likeness (QED) is 0.772. The molecule has 2 rings (SSSR count). The van der Waals surface area contributed by atoms with E-state index < -0.39 is 0 Å². The average Bonchev–Trinajstić information content (AvgIpc) is 2.45. The van der Waals surface area contributed by atoms with Gasteiger partial charge in [-0.25, -0.2) is 0 Å². The molecule has 0 heterocycles. The standard InChI is InChI=1S/C18H18O2/c1-3-5-14-7-10-16(11-8-14)20-18-13-15(6-4-2)9-12-17(18)19/h3-4,7-13,19H,1-2,5-6H2. The molecule has 0 atom stereocenters. The predicted molar refractivity (Wildman–Crippen MR) is 82.4 cm³/mol. The first-order chi connectivity index (χ1) is 9.72. The van der Waals surface area contributed by atoms with Crippen molar-refractivity contribution in [2.75, 3.05) is 0 Å². The van der Waals surface area contributed by atoms with Crippen molar-refractivity contribution < 1.29 is 9.84 Å². The molecule has 0 aliphatic carbocycles. The highest BCUT2D eigenvalue weighted by Crippen LogP contribution is 2.31. The topological polar surface area (TPSA) is 29.5 Å². The van der Waals surface area contributed by atoms with Gasteiger partial charge in [0.15, 0.2) is 11.5 Å². The Labute approximate surface area is 119 Å². The summed E-state index contributed by atoms with van der Waals surface area (Å²) in [6.07, 6.45) is 5.26. The summed E-state index contributed by atoms with van der Waals surface area (Å²) < 4.78 is 5.72. The largest absolute Gasteiger partial charge is 0.504 e. The van der Waals surface area contributed by atoms with Gasteiger partial charge in [-0.2, -0.15) is 0 Å². The summed E-state index contributed by atoms with van der Waals surface area (Å²) in [6.45, 7) is 7.42. The van der Waals surface area contributed by atoms with Crippen LogP contribution in [-0.2, 0) is 12.8 Å². The highest BCUT2D eigenvalue weighted by molar-refractivity contribution is 5.45. The maximum atomic E-state index is 9.84. The Morgan fingerprint density at radius 3 is 2.15 bits per heavy atom. The minimum atomic E-state index is 0.132. The smallest absolute Gasteiger partial charge is 0.169 e. The van der Waals surface area contributed by atoms with Crippen molar-refractivity contribution in [2.45, 2.75) is 12.8 Å². The predicted octanol–water partition coefficient (Wildman–Crippen LogP) is 4.64. The molecule has 2 aromatic carbocycles. The zero-order valence-electron chi connectivity index (χ0n) is 11.4. The summed E-state index contributed by atoms with van der Waals surface area (Å²) in [5.74, 6) is 1.29. The van der Waals surface area contributed by atoms with Crippen LogP contribution in [0.4, 0.5) is 0 Å². The van der Waals surface area contributed by atoms with E-state index in [1.165, 1.54) is 5.56 Å². The van der Waals surface area contributed by atoms with Crippen LogP contribution in [0.15, 0.2) is 67.8 Å². The van der Waals surface area contributed by atoms with Crippen LogP contribution in [0.1, 0.15) is 11.1 Å². The van der Waals surface area contributed by atoms with E-state index in [-0.39, 0.29) is 5.75 Å². The number of allylic oxidation sites excluding steroid dienone is 2. The molecule has 0 aliphatic rings. The number of benzene rings is 2. The maximum Gasteiger partial charge on any atom is 0.169 e. The van der Waals surface area contributed by atoms with Gasteiger partial charge in [0.05, 0.1) is 0 Å². The molecule has 20 heavy (non-hydrogen) atoms. The summed E-state index contributed by atoms with van der Waals surface area (Å²) in [5.41, 5.74) is 2.23. The van der Waals surface area contributed by atoms with Crippen molar-refractivity contribution in [2.24, 2.45) is 0 Å². The molecule has 0 unspecified atom stereocenters. The second kappa shape index (κ2) is 6.62. The van der Waals surface area contributed by atoms with Crippen LogP contribution in [0.2, 0.25) is 0 Å². The Morgan fingerprint density at radius 1 is 0.900 bits per heavy atom. The Kier molecular flexibility index (Phi) is 4.61. The Bertz CT molecular complexity index is 597. The van der Waals surface area contributed by atoms with Crippen molar-refractivity contribution in [3.05, 3.63) is 78.9 Å². The number of ether oxygens (including phenoxy) is 1. The molecule has 102 valence electrons. The molecular weight excluding hydrogens is 248 g/mol. The number of phenols is 1. The van der Waals surface area contributed by atoms with Gasteiger partial charge in [0.2, 0.25) is 0 Å². The van der Waals surface area contributed by atoms with E-state index in [1.54, 1.807) is 6.07 Å².